The van der Waals surface area contributed by atoms with E-state index in [4.69, 9.17) is 23.7 Å². The largest absolute Gasteiger partial charge is 0.497 e. The van der Waals surface area contributed by atoms with Crippen molar-refractivity contribution in [2.24, 2.45) is 4.99 Å². The number of ether oxygens (including phenoxy) is 5. The quantitative estimate of drug-likeness (QED) is 0.431. The number of carbonyl (C=O) groups is 1. The Kier molecular flexibility index (Phi) is 8.13. The van der Waals surface area contributed by atoms with E-state index in [0.717, 1.165) is 15.8 Å². The first-order valence-electron chi connectivity index (χ1n) is 10.2. The Hall–Kier alpha value is -3.04. The first-order valence-corrected chi connectivity index (χ1v) is 11.0. The number of hydrogen-bond donors (Lipinski definition) is 0. The second kappa shape index (κ2) is 11.0. The van der Waals surface area contributed by atoms with E-state index >= 15 is 0 Å². The van der Waals surface area contributed by atoms with Crippen molar-refractivity contribution >= 4 is 27.5 Å². The van der Waals surface area contributed by atoms with Crippen LogP contribution in [0.3, 0.4) is 0 Å². The van der Waals surface area contributed by atoms with Crippen molar-refractivity contribution in [1.29, 1.82) is 0 Å². The van der Waals surface area contributed by atoms with Crippen LogP contribution in [-0.2, 0) is 22.5 Å². The lowest BCUT2D eigenvalue weighted by molar-refractivity contribution is -0.117. The molecule has 1 heterocycles. The molecule has 1 aromatic heterocycles. The van der Waals surface area contributed by atoms with Crippen LogP contribution in [0.2, 0.25) is 0 Å². The Balaban J connectivity index is 2.06. The first kappa shape index (κ1) is 23.6. The molecular formula is C23H28N2O6S. The van der Waals surface area contributed by atoms with Crippen molar-refractivity contribution in [2.75, 3.05) is 41.7 Å². The molecule has 8 nitrogen and oxygen atoms in total. The minimum atomic E-state index is -0.289. The van der Waals surface area contributed by atoms with Crippen molar-refractivity contribution < 1.29 is 28.5 Å². The molecule has 0 aliphatic heterocycles. The average molecular weight is 461 g/mol. The third-order valence-corrected chi connectivity index (χ3v) is 6.00. The molecule has 3 aromatic rings. The maximum Gasteiger partial charge on any atom is 0.252 e. The van der Waals surface area contributed by atoms with Crippen LogP contribution in [0.4, 0.5) is 0 Å². The highest BCUT2D eigenvalue weighted by Crippen LogP contribution is 2.35. The Labute approximate surface area is 191 Å². The number of thiazole rings is 1. The second-order valence-corrected chi connectivity index (χ2v) is 7.72. The van der Waals surface area contributed by atoms with E-state index in [0.29, 0.717) is 47.6 Å². The molecular weight excluding hydrogens is 432 g/mol. The lowest BCUT2D eigenvalue weighted by Crippen LogP contribution is -2.20. The van der Waals surface area contributed by atoms with Crippen LogP contribution in [0.15, 0.2) is 35.3 Å². The Morgan fingerprint density at radius 1 is 0.969 bits per heavy atom. The summed E-state index contributed by atoms with van der Waals surface area (Å²) < 4.78 is 30.1. The summed E-state index contributed by atoms with van der Waals surface area (Å²) in [5, 5.41) is 0. The van der Waals surface area contributed by atoms with Gasteiger partial charge in [-0.05, 0) is 25.1 Å². The molecule has 0 aliphatic rings. The van der Waals surface area contributed by atoms with Gasteiger partial charge in [-0.3, -0.25) is 4.79 Å². The summed E-state index contributed by atoms with van der Waals surface area (Å²) in [4.78, 5) is 17.9. The molecule has 2 aromatic carbocycles. The zero-order valence-electron chi connectivity index (χ0n) is 19.0. The maximum atomic E-state index is 12.9. The Morgan fingerprint density at radius 2 is 1.69 bits per heavy atom. The molecule has 32 heavy (non-hydrogen) atoms. The van der Waals surface area contributed by atoms with Crippen LogP contribution in [0.5, 0.6) is 23.0 Å². The molecule has 0 N–H and O–H groups in total. The molecule has 1 amide bonds. The number of methoxy groups -OCH3 is 4. The highest BCUT2D eigenvalue weighted by Gasteiger charge is 2.17. The van der Waals surface area contributed by atoms with E-state index in [9.17, 15) is 4.79 Å². The van der Waals surface area contributed by atoms with Gasteiger partial charge >= 0.3 is 0 Å². The van der Waals surface area contributed by atoms with Gasteiger partial charge in [0.1, 0.15) is 33.2 Å². The summed E-state index contributed by atoms with van der Waals surface area (Å²) in [6.07, 6.45) is 0.0984. The third kappa shape index (κ3) is 5.05. The van der Waals surface area contributed by atoms with E-state index < -0.39 is 0 Å². The van der Waals surface area contributed by atoms with Crippen LogP contribution in [0, 0.1) is 0 Å². The van der Waals surface area contributed by atoms with Gasteiger partial charge in [0.25, 0.3) is 5.91 Å². The average Bonchev–Trinajstić information content (AvgIpc) is 3.16. The molecule has 0 fully saturated rings. The molecule has 0 aliphatic carbocycles. The van der Waals surface area contributed by atoms with E-state index in [-0.39, 0.29) is 12.3 Å². The zero-order valence-corrected chi connectivity index (χ0v) is 19.8. The predicted octanol–water partition coefficient (Wildman–Crippen LogP) is 3.44. The summed E-state index contributed by atoms with van der Waals surface area (Å²) >= 11 is 1.38. The van der Waals surface area contributed by atoms with Crippen molar-refractivity contribution in [2.45, 2.75) is 19.9 Å². The zero-order chi connectivity index (χ0) is 23.1. The number of amides is 1. The van der Waals surface area contributed by atoms with Crippen molar-refractivity contribution in [3.05, 3.63) is 40.7 Å². The molecule has 0 saturated heterocycles. The van der Waals surface area contributed by atoms with Gasteiger partial charge < -0.3 is 28.3 Å². The molecule has 0 radical (unpaired) electrons. The monoisotopic (exact) mass is 460 g/mol. The highest BCUT2D eigenvalue weighted by atomic mass is 32.1. The molecule has 9 heteroatoms. The fraction of sp³-hybridized carbons (Fsp3) is 0.391. The van der Waals surface area contributed by atoms with Gasteiger partial charge in [-0.25, -0.2) is 0 Å². The number of aromatic nitrogens is 1. The van der Waals surface area contributed by atoms with Crippen LogP contribution in [0.1, 0.15) is 12.5 Å². The van der Waals surface area contributed by atoms with Crippen LogP contribution in [0.25, 0.3) is 10.2 Å². The van der Waals surface area contributed by atoms with Gasteiger partial charge in [-0.15, -0.1) is 0 Å². The van der Waals surface area contributed by atoms with Crippen molar-refractivity contribution in [1.82, 2.24) is 4.57 Å². The van der Waals surface area contributed by atoms with Gasteiger partial charge in [0.15, 0.2) is 4.80 Å². The van der Waals surface area contributed by atoms with Gasteiger partial charge in [-0.2, -0.15) is 4.99 Å². The number of carbonyl (C=O) groups excluding carboxylic acids is 1. The number of rotatable bonds is 10. The third-order valence-electron chi connectivity index (χ3n) is 4.91. The fourth-order valence-corrected chi connectivity index (χ4v) is 4.54. The fourth-order valence-electron chi connectivity index (χ4n) is 3.35. The summed E-state index contributed by atoms with van der Waals surface area (Å²) in [6, 6.07) is 9.05. The van der Waals surface area contributed by atoms with Crippen molar-refractivity contribution in [3.63, 3.8) is 0 Å². The Bertz CT molecular complexity index is 1150. The smallest absolute Gasteiger partial charge is 0.252 e. The minimum Gasteiger partial charge on any atom is -0.497 e. The van der Waals surface area contributed by atoms with Crippen LogP contribution >= 0.6 is 11.3 Å². The van der Waals surface area contributed by atoms with Crippen LogP contribution in [-0.4, -0.2) is 52.1 Å². The second-order valence-electron chi connectivity index (χ2n) is 6.74. The minimum absolute atomic E-state index is 0.0984. The number of benzene rings is 2. The van der Waals surface area contributed by atoms with Gasteiger partial charge in [0, 0.05) is 24.8 Å². The standard InChI is InChI=1S/C23H28N2O6S/c1-6-31-12-11-25-21-17(28-3)9-10-18(29-4)22(21)32-23(25)24-20(26)13-15-7-8-16(27-2)14-19(15)30-5/h7-10,14H,6,11-13H2,1-5H3. The predicted molar refractivity (Wildman–Crippen MR) is 123 cm³/mol. The molecule has 3 rings (SSSR count). The first-order chi connectivity index (χ1) is 15.6. The van der Waals surface area contributed by atoms with E-state index in [1.807, 2.05) is 29.7 Å². The topological polar surface area (TPSA) is 80.5 Å². The SMILES string of the molecule is CCOCCn1c(=NC(=O)Cc2ccc(OC)cc2OC)sc2c(OC)ccc(OC)c21. The van der Waals surface area contributed by atoms with E-state index in [1.54, 1.807) is 40.6 Å². The Morgan fingerprint density at radius 3 is 2.34 bits per heavy atom. The number of hydrogen-bond acceptors (Lipinski definition) is 7. The molecule has 0 spiro atoms. The number of fused-ring (bicyclic) bond motifs is 1. The van der Waals surface area contributed by atoms with Gasteiger partial charge in [0.05, 0.1) is 41.5 Å². The summed E-state index contributed by atoms with van der Waals surface area (Å²) in [7, 11) is 6.37. The molecule has 0 bridgehead atoms. The molecule has 172 valence electrons. The number of nitrogens with zero attached hydrogens (tertiary/aromatic N) is 2. The van der Waals surface area contributed by atoms with E-state index in [2.05, 4.69) is 4.99 Å². The molecule has 0 saturated carbocycles. The molecule has 0 unspecified atom stereocenters. The lowest BCUT2D eigenvalue weighted by Gasteiger charge is -2.10. The summed E-state index contributed by atoms with van der Waals surface area (Å²) in [6.45, 7) is 3.55. The van der Waals surface area contributed by atoms with Gasteiger partial charge in [0.2, 0.25) is 0 Å². The lowest BCUT2D eigenvalue weighted by atomic mass is 10.1. The van der Waals surface area contributed by atoms with Crippen molar-refractivity contribution in [3.8, 4) is 23.0 Å². The normalized spacial score (nSPS) is 11.6. The summed E-state index contributed by atoms with van der Waals surface area (Å²) in [5.74, 6) is 2.33. The molecule has 0 atom stereocenters. The van der Waals surface area contributed by atoms with E-state index in [1.165, 1.54) is 11.3 Å². The van der Waals surface area contributed by atoms with Gasteiger partial charge in [-0.1, -0.05) is 17.4 Å². The summed E-state index contributed by atoms with van der Waals surface area (Å²) in [5.41, 5.74) is 1.56. The highest BCUT2D eigenvalue weighted by molar-refractivity contribution is 7.16. The van der Waals surface area contributed by atoms with Crippen LogP contribution < -0.4 is 23.7 Å². The maximum absolute atomic E-state index is 12.9.